The van der Waals surface area contributed by atoms with Crippen LogP contribution in [0.5, 0.6) is 0 Å². The summed E-state index contributed by atoms with van der Waals surface area (Å²) >= 11 is 0. The fourth-order valence-corrected chi connectivity index (χ4v) is 1.50. The van der Waals surface area contributed by atoms with E-state index in [1.54, 1.807) is 0 Å². The molecule has 1 aliphatic carbocycles. The molecule has 60 valence electrons. The van der Waals surface area contributed by atoms with Gasteiger partial charge >= 0.3 is 0 Å². The minimum absolute atomic E-state index is 1.15. The molecule has 0 aliphatic heterocycles. The molecule has 0 atom stereocenters. The molecule has 2 rings (SSSR count). The van der Waals surface area contributed by atoms with E-state index in [-0.39, 0.29) is 0 Å². The molecule has 1 aromatic rings. The molecule has 1 aliphatic rings. The molecule has 0 spiro atoms. The minimum atomic E-state index is 1.15. The summed E-state index contributed by atoms with van der Waals surface area (Å²) in [6.07, 6.45) is 10.9. The summed E-state index contributed by atoms with van der Waals surface area (Å²) in [5.74, 6) is 0. The summed E-state index contributed by atoms with van der Waals surface area (Å²) in [6.45, 7) is 0. The van der Waals surface area contributed by atoms with Crippen molar-refractivity contribution in [3.05, 3.63) is 53.6 Å². The molecule has 0 bridgehead atoms. The van der Waals surface area contributed by atoms with Crippen LogP contribution in [0.4, 0.5) is 0 Å². The lowest BCUT2D eigenvalue weighted by Crippen LogP contribution is -1.88. The van der Waals surface area contributed by atoms with Crippen LogP contribution in [0.25, 0.3) is 6.08 Å². The summed E-state index contributed by atoms with van der Waals surface area (Å²) < 4.78 is 0. The van der Waals surface area contributed by atoms with E-state index >= 15 is 0 Å². The maximum Gasteiger partial charge on any atom is -0.0224 e. The normalized spacial score (nSPS) is 20.3. The first-order valence-corrected chi connectivity index (χ1v) is 4.38. The lowest BCUT2D eigenvalue weighted by molar-refractivity contribution is 0.996. The van der Waals surface area contributed by atoms with Gasteiger partial charge in [0.05, 0.1) is 0 Å². The first kappa shape index (κ1) is 7.35. The van der Waals surface area contributed by atoms with Crippen LogP contribution in [0, 0.1) is 0 Å². The summed E-state index contributed by atoms with van der Waals surface area (Å²) in [5, 5.41) is 0. The van der Waals surface area contributed by atoms with Crippen molar-refractivity contribution in [2.45, 2.75) is 12.8 Å². The highest BCUT2D eigenvalue weighted by molar-refractivity contribution is 5.55. The Morgan fingerprint density at radius 2 is 1.92 bits per heavy atom. The van der Waals surface area contributed by atoms with Crippen molar-refractivity contribution >= 4 is 6.08 Å². The quantitative estimate of drug-likeness (QED) is 0.541. The maximum absolute atomic E-state index is 2.21. The second-order valence-corrected chi connectivity index (χ2v) is 3.02. The molecule has 12 heavy (non-hydrogen) atoms. The van der Waals surface area contributed by atoms with Gasteiger partial charge < -0.3 is 0 Å². The van der Waals surface area contributed by atoms with Crippen LogP contribution in [-0.2, 0) is 6.42 Å². The van der Waals surface area contributed by atoms with Gasteiger partial charge in [0.15, 0.2) is 0 Å². The molecule has 0 saturated heterocycles. The number of benzene rings is 1. The Kier molecular flexibility index (Phi) is 2.08. The van der Waals surface area contributed by atoms with E-state index < -0.39 is 0 Å². The number of hydrogen-bond acceptors (Lipinski definition) is 0. The zero-order valence-corrected chi connectivity index (χ0v) is 7.03. The molecular weight excluding hydrogens is 144 g/mol. The van der Waals surface area contributed by atoms with Crippen molar-refractivity contribution < 1.29 is 0 Å². The highest BCUT2D eigenvalue weighted by Gasteiger charge is 1.97. The number of rotatable bonds is 0. The Morgan fingerprint density at radius 3 is 2.92 bits per heavy atom. The molecule has 0 fully saturated rings. The van der Waals surface area contributed by atoms with E-state index in [0.717, 1.165) is 12.8 Å². The molecule has 0 saturated carbocycles. The van der Waals surface area contributed by atoms with Gasteiger partial charge in [-0.05, 0) is 24.0 Å². The van der Waals surface area contributed by atoms with E-state index in [0.29, 0.717) is 0 Å². The Hall–Kier alpha value is -1.30. The number of aryl methyl sites for hydroxylation is 1. The van der Waals surface area contributed by atoms with Crippen LogP contribution in [0.3, 0.4) is 0 Å². The number of hydrogen-bond donors (Lipinski definition) is 0. The smallest absolute Gasteiger partial charge is 0.0224 e. The van der Waals surface area contributed by atoms with Gasteiger partial charge in [0, 0.05) is 0 Å². The van der Waals surface area contributed by atoms with E-state index in [1.165, 1.54) is 11.1 Å². The first-order valence-electron chi connectivity index (χ1n) is 4.38. The fraction of sp³-hybridized carbons (Fsp3) is 0.167. The summed E-state index contributed by atoms with van der Waals surface area (Å²) in [6, 6.07) is 8.58. The Bertz CT molecular complexity index is 319. The molecular formula is C12H12. The van der Waals surface area contributed by atoms with Crippen LogP contribution < -0.4 is 0 Å². The number of allylic oxidation sites excluding steroid dienone is 3. The van der Waals surface area contributed by atoms with Gasteiger partial charge in [-0.1, -0.05) is 48.6 Å². The fourth-order valence-electron chi connectivity index (χ4n) is 1.50. The Labute approximate surface area is 73.2 Å². The highest BCUT2D eigenvalue weighted by atomic mass is 14.0. The average molecular weight is 156 g/mol. The van der Waals surface area contributed by atoms with Crippen LogP contribution in [0.2, 0.25) is 0 Å². The summed E-state index contributed by atoms with van der Waals surface area (Å²) in [7, 11) is 0. The van der Waals surface area contributed by atoms with E-state index in [4.69, 9.17) is 0 Å². The highest BCUT2D eigenvalue weighted by Crippen LogP contribution is 2.14. The SMILES string of the molecule is C1=C\CCc2ccccc2\C=C/1. The molecule has 0 radical (unpaired) electrons. The molecule has 0 N–H and O–H groups in total. The lowest BCUT2D eigenvalue weighted by atomic mass is 10.0. The topological polar surface area (TPSA) is 0 Å². The van der Waals surface area contributed by atoms with Gasteiger partial charge in [0.1, 0.15) is 0 Å². The van der Waals surface area contributed by atoms with Crippen molar-refractivity contribution in [2.75, 3.05) is 0 Å². The summed E-state index contributed by atoms with van der Waals surface area (Å²) in [5.41, 5.74) is 2.82. The molecule has 0 unspecified atom stereocenters. The molecule has 0 heteroatoms. The van der Waals surface area contributed by atoms with Gasteiger partial charge in [-0.3, -0.25) is 0 Å². The van der Waals surface area contributed by atoms with Gasteiger partial charge in [-0.2, -0.15) is 0 Å². The van der Waals surface area contributed by atoms with Gasteiger partial charge in [0.25, 0.3) is 0 Å². The van der Waals surface area contributed by atoms with Crippen molar-refractivity contribution in [1.82, 2.24) is 0 Å². The standard InChI is InChI=1S/C12H12/c1-2-4-8-12-10-6-5-9-11(12)7-3-1/h1-3,5-7,9-10H,4,8H2/b2-1-,7-3-. The third kappa shape index (κ3) is 1.48. The molecule has 0 aromatic heterocycles. The first-order chi connectivity index (χ1) is 5.97. The molecule has 1 aromatic carbocycles. The van der Waals surface area contributed by atoms with Gasteiger partial charge in [-0.25, -0.2) is 0 Å². The Balaban J connectivity index is 2.43. The summed E-state index contributed by atoms with van der Waals surface area (Å²) in [4.78, 5) is 0. The molecule has 0 heterocycles. The minimum Gasteiger partial charge on any atom is -0.0842 e. The van der Waals surface area contributed by atoms with Gasteiger partial charge in [-0.15, -0.1) is 0 Å². The van der Waals surface area contributed by atoms with Crippen molar-refractivity contribution in [3.8, 4) is 0 Å². The van der Waals surface area contributed by atoms with Crippen molar-refractivity contribution in [1.29, 1.82) is 0 Å². The van der Waals surface area contributed by atoms with E-state index in [9.17, 15) is 0 Å². The predicted molar refractivity (Wildman–Crippen MR) is 52.9 cm³/mol. The van der Waals surface area contributed by atoms with Gasteiger partial charge in [0.2, 0.25) is 0 Å². The Morgan fingerprint density at radius 1 is 1.00 bits per heavy atom. The molecule has 0 amide bonds. The van der Waals surface area contributed by atoms with Crippen molar-refractivity contribution in [3.63, 3.8) is 0 Å². The van der Waals surface area contributed by atoms with Crippen LogP contribution in [0.15, 0.2) is 42.5 Å². The zero-order valence-electron chi connectivity index (χ0n) is 7.03. The lowest BCUT2D eigenvalue weighted by Gasteiger charge is -2.05. The maximum atomic E-state index is 2.21. The van der Waals surface area contributed by atoms with Crippen molar-refractivity contribution in [2.24, 2.45) is 0 Å². The van der Waals surface area contributed by atoms with E-state index in [1.807, 2.05) is 0 Å². The largest absolute Gasteiger partial charge is 0.0842 e. The third-order valence-corrected chi connectivity index (χ3v) is 2.16. The monoisotopic (exact) mass is 156 g/mol. The van der Waals surface area contributed by atoms with Crippen LogP contribution in [-0.4, -0.2) is 0 Å². The third-order valence-electron chi connectivity index (χ3n) is 2.16. The number of fused-ring (bicyclic) bond motifs is 1. The van der Waals surface area contributed by atoms with E-state index in [2.05, 4.69) is 48.6 Å². The zero-order chi connectivity index (χ0) is 8.23. The average Bonchev–Trinajstić information content (AvgIpc) is 2.06. The second-order valence-electron chi connectivity index (χ2n) is 3.02. The van der Waals surface area contributed by atoms with Crippen LogP contribution >= 0.6 is 0 Å². The van der Waals surface area contributed by atoms with Crippen LogP contribution in [0.1, 0.15) is 17.5 Å². The second kappa shape index (κ2) is 3.40. The predicted octanol–water partition coefficient (Wildman–Crippen LogP) is 3.20. The molecule has 0 nitrogen and oxygen atoms in total.